The van der Waals surface area contributed by atoms with E-state index in [4.69, 9.17) is 11.6 Å². The summed E-state index contributed by atoms with van der Waals surface area (Å²) in [4.78, 5) is 5.78. The van der Waals surface area contributed by atoms with E-state index in [1.807, 2.05) is 4.90 Å². The number of rotatable bonds is 4. The molecule has 0 radical (unpaired) electrons. The van der Waals surface area contributed by atoms with Crippen molar-refractivity contribution in [2.45, 2.75) is 38.1 Å². The van der Waals surface area contributed by atoms with Gasteiger partial charge in [-0.15, -0.1) is 11.6 Å². The minimum absolute atomic E-state index is 0.226. The number of pyridine rings is 1. The fourth-order valence-electron chi connectivity index (χ4n) is 2.56. The van der Waals surface area contributed by atoms with E-state index in [-0.39, 0.29) is 11.9 Å². The van der Waals surface area contributed by atoms with Gasteiger partial charge in [-0.05, 0) is 12.8 Å². The van der Waals surface area contributed by atoms with Crippen LogP contribution in [-0.2, 0) is 0 Å². The number of alkyl halides is 1. The van der Waals surface area contributed by atoms with Crippen molar-refractivity contribution in [2.24, 2.45) is 0 Å². The molecular weight excluding hydrogens is 258 g/mol. The monoisotopic (exact) mass is 274 g/mol. The fourth-order valence-corrected chi connectivity index (χ4v) is 2.75. The maximum atomic E-state index is 13.8. The zero-order chi connectivity index (χ0) is 13.0. The largest absolute Gasteiger partial charge is 0.350 e. The van der Waals surface area contributed by atoms with E-state index in [2.05, 4.69) is 4.98 Å². The van der Waals surface area contributed by atoms with Crippen molar-refractivity contribution < 1.29 is 8.78 Å². The Labute approximate surface area is 111 Å². The van der Waals surface area contributed by atoms with Crippen LogP contribution >= 0.6 is 11.6 Å². The standard InChI is InChI=1S/C13H17ClF2N2/c14-6-7-18(11-4-2-1-3-5-11)13-12(16)8-10(15)9-17-13/h8-9,11H,1-7H2. The summed E-state index contributed by atoms with van der Waals surface area (Å²) in [5, 5.41) is 0. The van der Waals surface area contributed by atoms with E-state index in [1.54, 1.807) is 0 Å². The lowest BCUT2D eigenvalue weighted by Crippen LogP contribution is -2.39. The number of anilines is 1. The number of aromatic nitrogens is 1. The van der Waals surface area contributed by atoms with Crippen LogP contribution in [-0.4, -0.2) is 23.5 Å². The molecule has 0 spiro atoms. The average Bonchev–Trinajstić information content (AvgIpc) is 2.38. The molecule has 1 aliphatic rings. The van der Waals surface area contributed by atoms with Gasteiger partial charge in [-0.2, -0.15) is 0 Å². The Morgan fingerprint density at radius 1 is 1.28 bits per heavy atom. The molecule has 0 saturated heterocycles. The smallest absolute Gasteiger partial charge is 0.168 e. The SMILES string of the molecule is Fc1cnc(N(CCCl)C2CCCCC2)c(F)c1. The van der Waals surface area contributed by atoms with Crippen LogP contribution in [0.1, 0.15) is 32.1 Å². The van der Waals surface area contributed by atoms with Crippen molar-refractivity contribution >= 4 is 17.4 Å². The molecule has 0 bridgehead atoms. The van der Waals surface area contributed by atoms with E-state index < -0.39 is 11.6 Å². The maximum Gasteiger partial charge on any atom is 0.168 e. The molecule has 1 heterocycles. The first-order chi connectivity index (χ1) is 8.72. The Hall–Kier alpha value is -0.900. The Morgan fingerprint density at radius 3 is 2.61 bits per heavy atom. The molecule has 1 aromatic heterocycles. The molecule has 1 fully saturated rings. The molecule has 0 atom stereocenters. The third-order valence-corrected chi connectivity index (χ3v) is 3.57. The van der Waals surface area contributed by atoms with Gasteiger partial charge in [-0.25, -0.2) is 13.8 Å². The molecule has 1 aliphatic carbocycles. The maximum absolute atomic E-state index is 13.8. The highest BCUT2D eigenvalue weighted by atomic mass is 35.5. The van der Waals surface area contributed by atoms with Gasteiger partial charge in [0.25, 0.3) is 0 Å². The van der Waals surface area contributed by atoms with Gasteiger partial charge in [-0.1, -0.05) is 19.3 Å². The van der Waals surface area contributed by atoms with Crippen LogP contribution in [0.5, 0.6) is 0 Å². The quantitative estimate of drug-likeness (QED) is 0.778. The van der Waals surface area contributed by atoms with Gasteiger partial charge < -0.3 is 4.90 Å². The van der Waals surface area contributed by atoms with Gasteiger partial charge >= 0.3 is 0 Å². The number of halogens is 3. The van der Waals surface area contributed by atoms with Gasteiger partial charge in [0.15, 0.2) is 11.6 Å². The minimum Gasteiger partial charge on any atom is -0.350 e. The van der Waals surface area contributed by atoms with E-state index in [1.165, 1.54) is 6.42 Å². The third kappa shape index (κ3) is 3.10. The molecule has 100 valence electrons. The van der Waals surface area contributed by atoms with Crippen LogP contribution in [0.15, 0.2) is 12.3 Å². The lowest BCUT2D eigenvalue weighted by Gasteiger charge is -2.35. The van der Waals surface area contributed by atoms with Crippen molar-refractivity contribution in [3.63, 3.8) is 0 Å². The first-order valence-electron chi connectivity index (χ1n) is 6.36. The molecule has 5 heteroatoms. The predicted octanol–water partition coefficient (Wildman–Crippen LogP) is 3.74. The predicted molar refractivity (Wildman–Crippen MR) is 69.1 cm³/mol. The molecule has 0 N–H and O–H groups in total. The molecular formula is C13H17ClF2N2. The van der Waals surface area contributed by atoms with Crippen LogP contribution in [0.25, 0.3) is 0 Å². The molecule has 0 aliphatic heterocycles. The second kappa shape index (κ2) is 6.32. The first-order valence-corrected chi connectivity index (χ1v) is 6.89. The summed E-state index contributed by atoms with van der Waals surface area (Å²) in [7, 11) is 0. The number of hydrogen-bond acceptors (Lipinski definition) is 2. The highest BCUT2D eigenvalue weighted by Crippen LogP contribution is 2.27. The molecule has 1 aromatic rings. The van der Waals surface area contributed by atoms with Gasteiger partial charge in [-0.3, -0.25) is 0 Å². The summed E-state index contributed by atoms with van der Waals surface area (Å²) in [5.74, 6) is -0.616. The topological polar surface area (TPSA) is 16.1 Å². The van der Waals surface area contributed by atoms with Crippen LogP contribution < -0.4 is 4.90 Å². The fraction of sp³-hybridized carbons (Fsp3) is 0.615. The van der Waals surface area contributed by atoms with Crippen molar-refractivity contribution in [2.75, 3.05) is 17.3 Å². The second-order valence-corrected chi connectivity index (χ2v) is 5.01. The molecule has 0 amide bonds. The summed E-state index contributed by atoms with van der Waals surface area (Å²) in [6, 6.07) is 1.15. The molecule has 18 heavy (non-hydrogen) atoms. The van der Waals surface area contributed by atoms with Crippen molar-refractivity contribution in [1.29, 1.82) is 0 Å². The van der Waals surface area contributed by atoms with Gasteiger partial charge in [0.05, 0.1) is 6.20 Å². The summed E-state index contributed by atoms with van der Waals surface area (Å²) in [6.45, 7) is 0.543. The lowest BCUT2D eigenvalue weighted by molar-refractivity contribution is 0.412. The first kappa shape index (κ1) is 13.5. The van der Waals surface area contributed by atoms with Crippen LogP contribution in [0, 0.1) is 11.6 Å². The van der Waals surface area contributed by atoms with Gasteiger partial charge in [0.1, 0.15) is 5.82 Å². The Balaban J connectivity index is 2.22. The van der Waals surface area contributed by atoms with Crippen molar-refractivity contribution in [1.82, 2.24) is 4.98 Å². The molecule has 0 aromatic carbocycles. The minimum atomic E-state index is -0.647. The Kier molecular flexibility index (Phi) is 4.75. The third-order valence-electron chi connectivity index (χ3n) is 3.40. The van der Waals surface area contributed by atoms with Crippen LogP contribution in [0.4, 0.5) is 14.6 Å². The van der Waals surface area contributed by atoms with Crippen LogP contribution in [0.3, 0.4) is 0 Å². The highest BCUT2D eigenvalue weighted by molar-refractivity contribution is 6.18. The number of nitrogens with zero attached hydrogens (tertiary/aromatic N) is 2. The van der Waals surface area contributed by atoms with E-state index >= 15 is 0 Å². The zero-order valence-electron chi connectivity index (χ0n) is 10.2. The summed E-state index contributed by atoms with van der Waals surface area (Å²) in [5.41, 5.74) is 0. The summed E-state index contributed by atoms with van der Waals surface area (Å²) in [6.07, 6.45) is 6.62. The van der Waals surface area contributed by atoms with Crippen molar-refractivity contribution in [3.05, 3.63) is 23.9 Å². The normalized spacial score (nSPS) is 16.8. The Morgan fingerprint density at radius 2 is 2.00 bits per heavy atom. The molecule has 1 saturated carbocycles. The van der Waals surface area contributed by atoms with E-state index in [9.17, 15) is 8.78 Å². The van der Waals surface area contributed by atoms with E-state index in [0.29, 0.717) is 12.4 Å². The molecule has 2 rings (SSSR count). The number of hydrogen-bond donors (Lipinski definition) is 0. The average molecular weight is 275 g/mol. The zero-order valence-corrected chi connectivity index (χ0v) is 11.0. The molecule has 2 nitrogen and oxygen atoms in total. The van der Waals surface area contributed by atoms with Gasteiger partial charge in [0.2, 0.25) is 0 Å². The van der Waals surface area contributed by atoms with E-state index in [0.717, 1.165) is 37.9 Å². The lowest BCUT2D eigenvalue weighted by atomic mass is 9.94. The van der Waals surface area contributed by atoms with Crippen molar-refractivity contribution in [3.8, 4) is 0 Å². The van der Waals surface area contributed by atoms with Gasteiger partial charge in [0, 0.05) is 24.5 Å². The second-order valence-electron chi connectivity index (χ2n) is 4.63. The summed E-state index contributed by atoms with van der Waals surface area (Å²) < 4.78 is 26.7. The Bertz CT molecular complexity index is 395. The highest BCUT2D eigenvalue weighted by Gasteiger charge is 2.24. The summed E-state index contributed by atoms with van der Waals surface area (Å²) >= 11 is 5.78. The van der Waals surface area contributed by atoms with Crippen LogP contribution in [0.2, 0.25) is 0 Å². The molecule has 0 unspecified atom stereocenters.